The van der Waals surface area contributed by atoms with Crippen LogP contribution in [0, 0.1) is 11.7 Å². The van der Waals surface area contributed by atoms with E-state index >= 15 is 0 Å². The van der Waals surface area contributed by atoms with Crippen LogP contribution in [0.5, 0.6) is 0 Å². The van der Waals surface area contributed by atoms with E-state index in [9.17, 15) is 14.0 Å². The fourth-order valence-electron chi connectivity index (χ4n) is 3.50. The number of rotatable bonds is 8. The number of benzene rings is 1. The Morgan fingerprint density at radius 2 is 2.07 bits per heavy atom. The summed E-state index contributed by atoms with van der Waals surface area (Å²) < 4.78 is 13.3. The van der Waals surface area contributed by atoms with E-state index < -0.39 is 0 Å². The van der Waals surface area contributed by atoms with Crippen LogP contribution in [0.4, 0.5) is 4.39 Å². The van der Waals surface area contributed by atoms with Gasteiger partial charge in [-0.05, 0) is 55.0 Å². The van der Waals surface area contributed by atoms with Gasteiger partial charge in [0.05, 0.1) is 5.92 Å². The monoisotopic (exact) mass is 383 g/mol. The Morgan fingerprint density at radius 1 is 1.21 bits per heavy atom. The number of aromatic nitrogens is 1. The van der Waals surface area contributed by atoms with Gasteiger partial charge in [0.25, 0.3) is 0 Å². The molecule has 2 aromatic rings. The zero-order valence-electron chi connectivity index (χ0n) is 15.9. The SMILES string of the molecule is O=C(NCCCc1cccnc1)[C@@H]1CCC(=O)N(CCc2cccc(F)c2)C1. The summed E-state index contributed by atoms with van der Waals surface area (Å²) >= 11 is 0. The minimum absolute atomic E-state index is 0.00874. The molecule has 1 saturated heterocycles. The van der Waals surface area contributed by atoms with Crippen molar-refractivity contribution >= 4 is 11.8 Å². The summed E-state index contributed by atoms with van der Waals surface area (Å²) in [5, 5.41) is 2.99. The number of halogens is 1. The Kier molecular flexibility index (Phi) is 7.12. The lowest BCUT2D eigenvalue weighted by Gasteiger charge is -2.32. The van der Waals surface area contributed by atoms with Crippen molar-refractivity contribution in [2.24, 2.45) is 5.92 Å². The van der Waals surface area contributed by atoms with Gasteiger partial charge in [0.1, 0.15) is 5.82 Å². The summed E-state index contributed by atoms with van der Waals surface area (Å²) in [6.45, 7) is 1.55. The first-order valence-electron chi connectivity index (χ1n) is 9.80. The van der Waals surface area contributed by atoms with E-state index in [2.05, 4.69) is 10.3 Å². The molecule has 1 aliphatic rings. The lowest BCUT2D eigenvalue weighted by atomic mass is 9.96. The highest BCUT2D eigenvalue weighted by molar-refractivity contribution is 5.83. The maximum absolute atomic E-state index is 13.3. The van der Waals surface area contributed by atoms with Crippen LogP contribution in [0.1, 0.15) is 30.4 Å². The maximum Gasteiger partial charge on any atom is 0.224 e. The van der Waals surface area contributed by atoms with E-state index in [1.54, 1.807) is 17.2 Å². The van der Waals surface area contributed by atoms with Crippen molar-refractivity contribution in [3.63, 3.8) is 0 Å². The molecule has 1 aromatic carbocycles. The molecular weight excluding hydrogens is 357 g/mol. The normalized spacial score (nSPS) is 16.8. The number of amides is 2. The second-order valence-corrected chi connectivity index (χ2v) is 7.21. The number of nitrogens with zero attached hydrogens (tertiary/aromatic N) is 2. The van der Waals surface area contributed by atoms with Crippen LogP contribution in [-0.4, -0.2) is 41.3 Å². The lowest BCUT2D eigenvalue weighted by molar-refractivity contribution is -0.138. The number of nitrogens with one attached hydrogen (secondary N) is 1. The van der Waals surface area contributed by atoms with Crippen molar-refractivity contribution in [1.29, 1.82) is 0 Å². The first-order valence-corrected chi connectivity index (χ1v) is 9.80. The fourth-order valence-corrected chi connectivity index (χ4v) is 3.50. The van der Waals surface area contributed by atoms with Crippen molar-refractivity contribution in [3.05, 3.63) is 65.7 Å². The summed E-state index contributed by atoms with van der Waals surface area (Å²) in [5.41, 5.74) is 2.01. The predicted molar refractivity (Wildman–Crippen MR) is 105 cm³/mol. The van der Waals surface area contributed by atoms with Gasteiger partial charge in [0.2, 0.25) is 11.8 Å². The minimum Gasteiger partial charge on any atom is -0.356 e. The van der Waals surface area contributed by atoms with Crippen molar-refractivity contribution in [3.8, 4) is 0 Å². The molecule has 2 amide bonds. The Morgan fingerprint density at radius 3 is 2.86 bits per heavy atom. The van der Waals surface area contributed by atoms with Gasteiger partial charge in [-0.3, -0.25) is 14.6 Å². The molecule has 2 heterocycles. The van der Waals surface area contributed by atoms with Gasteiger partial charge in [-0.2, -0.15) is 0 Å². The van der Waals surface area contributed by atoms with Crippen molar-refractivity contribution in [2.75, 3.05) is 19.6 Å². The van der Waals surface area contributed by atoms with Gasteiger partial charge in [0.15, 0.2) is 0 Å². The van der Waals surface area contributed by atoms with E-state index in [0.717, 1.165) is 24.0 Å². The van der Waals surface area contributed by atoms with Crippen LogP contribution in [0.2, 0.25) is 0 Å². The molecule has 5 nitrogen and oxygen atoms in total. The van der Waals surface area contributed by atoms with Gasteiger partial charge in [-0.25, -0.2) is 4.39 Å². The molecule has 0 aliphatic carbocycles. The topological polar surface area (TPSA) is 62.3 Å². The number of likely N-dealkylation sites (tertiary alicyclic amines) is 1. The van der Waals surface area contributed by atoms with E-state index in [0.29, 0.717) is 38.9 Å². The standard InChI is InChI=1S/C22H26FN3O2/c23-20-7-1-4-17(14-20)10-13-26-16-19(8-9-21(26)27)22(28)25-12-3-6-18-5-2-11-24-15-18/h1-2,4-5,7,11,14-15,19H,3,6,8-10,12-13,16H2,(H,25,28)/t19-/m1/s1. The van der Waals surface area contributed by atoms with E-state index in [1.807, 2.05) is 24.4 Å². The van der Waals surface area contributed by atoms with Gasteiger partial charge in [0, 0.05) is 38.4 Å². The molecule has 148 valence electrons. The van der Waals surface area contributed by atoms with Crippen LogP contribution in [-0.2, 0) is 22.4 Å². The third kappa shape index (κ3) is 5.87. The second-order valence-electron chi connectivity index (χ2n) is 7.21. The van der Waals surface area contributed by atoms with Gasteiger partial charge >= 0.3 is 0 Å². The molecule has 1 aromatic heterocycles. The molecule has 0 radical (unpaired) electrons. The average molecular weight is 383 g/mol. The number of carbonyl (C=O) groups is 2. The predicted octanol–water partition coefficient (Wildman–Crippen LogP) is 2.75. The molecule has 0 unspecified atom stereocenters. The van der Waals surface area contributed by atoms with Crippen molar-refractivity contribution in [1.82, 2.24) is 15.2 Å². The third-order valence-electron chi connectivity index (χ3n) is 5.09. The van der Waals surface area contributed by atoms with Gasteiger partial charge in [-0.1, -0.05) is 18.2 Å². The molecule has 0 bridgehead atoms. The van der Waals surface area contributed by atoms with Crippen molar-refractivity contribution < 1.29 is 14.0 Å². The Hall–Kier alpha value is -2.76. The molecule has 0 spiro atoms. The zero-order chi connectivity index (χ0) is 19.8. The number of piperidine rings is 1. The number of hydrogen-bond acceptors (Lipinski definition) is 3. The summed E-state index contributed by atoms with van der Waals surface area (Å²) in [6, 6.07) is 10.4. The summed E-state index contributed by atoms with van der Waals surface area (Å²) in [5.74, 6) is -0.374. The number of pyridine rings is 1. The average Bonchev–Trinajstić information content (AvgIpc) is 2.71. The minimum atomic E-state index is -0.272. The van der Waals surface area contributed by atoms with Gasteiger partial charge in [-0.15, -0.1) is 0 Å². The van der Waals surface area contributed by atoms with Crippen LogP contribution in [0.3, 0.4) is 0 Å². The largest absolute Gasteiger partial charge is 0.356 e. The maximum atomic E-state index is 13.3. The Balaban J connectivity index is 1.42. The smallest absolute Gasteiger partial charge is 0.224 e. The molecule has 0 saturated carbocycles. The van der Waals surface area contributed by atoms with Crippen LogP contribution in [0.15, 0.2) is 48.8 Å². The van der Waals surface area contributed by atoms with E-state index in [4.69, 9.17) is 0 Å². The highest BCUT2D eigenvalue weighted by atomic mass is 19.1. The third-order valence-corrected chi connectivity index (χ3v) is 5.09. The summed E-state index contributed by atoms with van der Waals surface area (Å²) in [6.07, 6.45) is 6.87. The Bertz CT molecular complexity index is 797. The summed E-state index contributed by atoms with van der Waals surface area (Å²) in [4.78, 5) is 30.5. The van der Waals surface area contributed by atoms with E-state index in [1.165, 1.54) is 12.1 Å². The lowest BCUT2D eigenvalue weighted by Crippen LogP contribution is -2.46. The molecule has 3 rings (SSSR count). The van der Waals surface area contributed by atoms with E-state index in [-0.39, 0.29) is 23.5 Å². The van der Waals surface area contributed by atoms with Crippen molar-refractivity contribution in [2.45, 2.75) is 32.1 Å². The fraction of sp³-hybridized carbons (Fsp3) is 0.409. The highest BCUT2D eigenvalue weighted by Gasteiger charge is 2.29. The first-order chi connectivity index (χ1) is 13.6. The molecule has 28 heavy (non-hydrogen) atoms. The highest BCUT2D eigenvalue weighted by Crippen LogP contribution is 2.18. The first kappa shape index (κ1) is 20.0. The van der Waals surface area contributed by atoms with Gasteiger partial charge < -0.3 is 10.2 Å². The Labute approximate surface area is 165 Å². The van der Waals surface area contributed by atoms with Crippen LogP contribution in [0.25, 0.3) is 0 Å². The molecule has 1 fully saturated rings. The molecule has 1 N–H and O–H groups in total. The molecule has 6 heteroatoms. The number of hydrogen-bond donors (Lipinski definition) is 1. The molecular formula is C22H26FN3O2. The number of carbonyl (C=O) groups excluding carboxylic acids is 2. The van der Waals surface area contributed by atoms with Crippen LogP contribution < -0.4 is 5.32 Å². The molecule has 1 atom stereocenters. The summed E-state index contributed by atoms with van der Waals surface area (Å²) in [7, 11) is 0. The zero-order valence-corrected chi connectivity index (χ0v) is 15.9. The quantitative estimate of drug-likeness (QED) is 0.713. The number of aryl methyl sites for hydroxylation is 1. The van der Waals surface area contributed by atoms with Crippen LogP contribution >= 0.6 is 0 Å². The second kappa shape index (κ2) is 9.97. The molecule has 1 aliphatic heterocycles.